The summed E-state index contributed by atoms with van der Waals surface area (Å²) in [6.07, 6.45) is 3.14. The minimum atomic E-state index is -0.388. The molecule has 1 aliphatic carbocycles. The van der Waals surface area contributed by atoms with Crippen molar-refractivity contribution in [1.29, 1.82) is 0 Å². The molecule has 0 bridgehead atoms. The van der Waals surface area contributed by atoms with Gasteiger partial charge in [-0.25, -0.2) is 4.79 Å². The number of carbonyl (C=O) groups is 2. The average Bonchev–Trinajstić information content (AvgIpc) is 2.93. The van der Waals surface area contributed by atoms with Gasteiger partial charge in [0, 0.05) is 38.0 Å². The van der Waals surface area contributed by atoms with E-state index in [1.165, 1.54) is 12.0 Å². The zero-order valence-electron chi connectivity index (χ0n) is 14.0. The summed E-state index contributed by atoms with van der Waals surface area (Å²) in [4.78, 5) is 32.0. The van der Waals surface area contributed by atoms with E-state index in [0.29, 0.717) is 17.7 Å². The van der Waals surface area contributed by atoms with Crippen LogP contribution < -0.4 is 0 Å². The molecule has 1 aromatic heterocycles. The monoisotopic (exact) mass is 409 g/mol. The second-order valence-corrected chi connectivity index (χ2v) is 8.17. The van der Waals surface area contributed by atoms with Gasteiger partial charge in [0.1, 0.15) is 5.78 Å². The van der Waals surface area contributed by atoms with Crippen molar-refractivity contribution in [2.24, 2.45) is 10.9 Å². The van der Waals surface area contributed by atoms with E-state index in [4.69, 9.17) is 4.74 Å². The normalized spacial score (nSPS) is 23.8. The predicted octanol–water partition coefficient (Wildman–Crippen LogP) is 4.43. The molecule has 0 aromatic carbocycles. The summed E-state index contributed by atoms with van der Waals surface area (Å²) >= 11 is 5.26. The van der Waals surface area contributed by atoms with Crippen molar-refractivity contribution in [2.75, 3.05) is 7.11 Å². The number of nitrogens with zero attached hydrogens (tertiary/aromatic N) is 1. The Labute approximate surface area is 154 Å². The van der Waals surface area contributed by atoms with Crippen LogP contribution in [0.25, 0.3) is 0 Å². The molecule has 2 atom stereocenters. The number of ether oxygens (including phenoxy) is 1. The smallest absolute Gasteiger partial charge is 0.336 e. The number of hydrogen-bond acceptors (Lipinski definition) is 5. The topological polar surface area (TPSA) is 55.7 Å². The molecule has 4 nitrogen and oxygen atoms in total. The van der Waals surface area contributed by atoms with Crippen molar-refractivity contribution >= 4 is 44.7 Å². The van der Waals surface area contributed by atoms with Gasteiger partial charge in [-0.2, -0.15) is 0 Å². The van der Waals surface area contributed by atoms with Crippen LogP contribution in [0.2, 0.25) is 0 Å². The number of Topliss-reactive ketones (excluding diaryl/α,β-unsaturated/α-hetero) is 1. The molecule has 1 unspecified atom stereocenters. The lowest BCUT2D eigenvalue weighted by Crippen LogP contribution is -2.38. The van der Waals surface area contributed by atoms with Crippen LogP contribution in [0, 0.1) is 5.92 Å². The summed E-state index contributed by atoms with van der Waals surface area (Å²) < 4.78 is 6.05. The van der Waals surface area contributed by atoms with Gasteiger partial charge in [0.25, 0.3) is 0 Å². The van der Waals surface area contributed by atoms with Gasteiger partial charge >= 0.3 is 5.97 Å². The molecule has 0 N–H and O–H groups in total. The third kappa shape index (κ3) is 2.90. The maximum absolute atomic E-state index is 12.7. The number of ketones is 1. The summed E-state index contributed by atoms with van der Waals surface area (Å²) in [5.74, 6) is -0.811. The molecular weight excluding hydrogens is 390 g/mol. The number of methoxy groups -OCH3 is 1. The number of allylic oxidation sites excluding steroid dienone is 1. The highest BCUT2D eigenvalue weighted by atomic mass is 79.9. The van der Waals surface area contributed by atoms with E-state index < -0.39 is 0 Å². The third-order valence-electron chi connectivity index (χ3n) is 4.72. The summed E-state index contributed by atoms with van der Waals surface area (Å²) in [5.41, 5.74) is 2.12. The van der Waals surface area contributed by atoms with Crippen LogP contribution in [0.3, 0.4) is 0 Å². The molecular formula is C18H20BrNO3S. The Hall–Kier alpha value is -1.27. The number of aryl methyl sites for hydroxylation is 1. The number of carbonyl (C=O) groups excluding carboxylic acids is 2. The van der Waals surface area contributed by atoms with Gasteiger partial charge in [-0.1, -0.05) is 6.92 Å². The van der Waals surface area contributed by atoms with Crippen molar-refractivity contribution < 1.29 is 14.3 Å². The Morgan fingerprint density at radius 2 is 2.17 bits per heavy atom. The van der Waals surface area contributed by atoms with E-state index in [1.807, 2.05) is 6.92 Å². The summed E-state index contributed by atoms with van der Waals surface area (Å²) in [6.45, 7) is 3.94. The molecule has 0 spiro atoms. The molecule has 0 amide bonds. The number of aliphatic imine (C=N–C) groups is 1. The molecule has 1 aliphatic heterocycles. The molecule has 0 saturated heterocycles. The van der Waals surface area contributed by atoms with E-state index in [-0.39, 0.29) is 23.6 Å². The third-order valence-corrected chi connectivity index (χ3v) is 7.05. The number of thiophene rings is 1. The average molecular weight is 410 g/mol. The molecule has 2 heterocycles. The number of esters is 1. The highest BCUT2D eigenvalue weighted by Crippen LogP contribution is 2.46. The first kappa shape index (κ1) is 17.5. The van der Waals surface area contributed by atoms with Crippen LogP contribution in [0.1, 0.15) is 48.8 Å². The highest BCUT2D eigenvalue weighted by Gasteiger charge is 2.44. The number of rotatable bonds is 3. The first-order chi connectivity index (χ1) is 11.5. The second-order valence-electron chi connectivity index (χ2n) is 6.14. The lowest BCUT2D eigenvalue weighted by atomic mass is 9.71. The lowest BCUT2D eigenvalue weighted by molar-refractivity contribution is -0.136. The van der Waals surface area contributed by atoms with Crippen molar-refractivity contribution in [3.05, 3.63) is 31.6 Å². The van der Waals surface area contributed by atoms with Crippen molar-refractivity contribution in [3.8, 4) is 0 Å². The van der Waals surface area contributed by atoms with E-state index in [1.54, 1.807) is 11.3 Å². The minimum absolute atomic E-state index is 0.182. The van der Waals surface area contributed by atoms with Gasteiger partial charge in [-0.05, 0) is 48.2 Å². The molecule has 1 aromatic rings. The number of hydrogen-bond donors (Lipinski definition) is 0. The Kier molecular flexibility index (Phi) is 5.06. The predicted molar refractivity (Wildman–Crippen MR) is 98.6 cm³/mol. The van der Waals surface area contributed by atoms with Crippen molar-refractivity contribution in [2.45, 2.75) is 45.4 Å². The number of fused-ring (bicyclic) bond motifs is 1. The van der Waals surface area contributed by atoms with Crippen molar-refractivity contribution in [1.82, 2.24) is 0 Å². The summed E-state index contributed by atoms with van der Waals surface area (Å²) in [5, 5.41) is 0. The summed E-state index contributed by atoms with van der Waals surface area (Å²) in [6, 6.07) is 2.05. The van der Waals surface area contributed by atoms with Gasteiger partial charge in [-0.3, -0.25) is 9.79 Å². The van der Waals surface area contributed by atoms with E-state index in [2.05, 4.69) is 33.9 Å². The first-order valence-electron chi connectivity index (χ1n) is 8.15. The largest absolute Gasteiger partial charge is 0.466 e. The van der Waals surface area contributed by atoms with Gasteiger partial charge < -0.3 is 4.74 Å². The standard InChI is InChI=1S/C18H20BrNO3S/c1-4-13-10(19)8-14(24-13)17-15(18(22)23-3)9(2)20-11-6-5-7-12(21)16(11)17/h8,16-17H,4-7H2,1-3H3/t16?,17-/m0/s1. The second kappa shape index (κ2) is 6.92. The van der Waals surface area contributed by atoms with Gasteiger partial charge in [0.05, 0.1) is 18.6 Å². The fourth-order valence-corrected chi connectivity index (χ4v) is 5.69. The molecule has 6 heteroatoms. The zero-order chi connectivity index (χ0) is 17.4. The summed E-state index contributed by atoms with van der Waals surface area (Å²) in [7, 11) is 1.38. The van der Waals surface area contributed by atoms with E-state index >= 15 is 0 Å². The minimum Gasteiger partial charge on any atom is -0.466 e. The van der Waals surface area contributed by atoms with Crippen LogP contribution in [0.5, 0.6) is 0 Å². The quantitative estimate of drug-likeness (QED) is 0.693. The van der Waals surface area contributed by atoms with Crippen LogP contribution in [-0.2, 0) is 20.7 Å². The first-order valence-corrected chi connectivity index (χ1v) is 9.76. The van der Waals surface area contributed by atoms with Crippen LogP contribution in [0.4, 0.5) is 0 Å². The molecule has 0 radical (unpaired) electrons. The van der Waals surface area contributed by atoms with Crippen LogP contribution in [0.15, 0.2) is 26.8 Å². The maximum Gasteiger partial charge on any atom is 0.336 e. The highest BCUT2D eigenvalue weighted by molar-refractivity contribution is 9.10. The van der Waals surface area contributed by atoms with Crippen LogP contribution in [-0.4, -0.2) is 24.6 Å². The molecule has 24 heavy (non-hydrogen) atoms. The van der Waals surface area contributed by atoms with Gasteiger partial charge in [0.15, 0.2) is 0 Å². The van der Waals surface area contributed by atoms with Crippen molar-refractivity contribution in [3.63, 3.8) is 0 Å². The van der Waals surface area contributed by atoms with Gasteiger partial charge in [0.2, 0.25) is 0 Å². The maximum atomic E-state index is 12.7. The fourth-order valence-electron chi connectivity index (χ4n) is 3.62. The van der Waals surface area contributed by atoms with Gasteiger partial charge in [-0.15, -0.1) is 11.3 Å². The Bertz CT molecular complexity index is 762. The molecule has 3 rings (SSSR count). The van der Waals surface area contributed by atoms with Crippen LogP contribution >= 0.6 is 27.3 Å². The number of halogens is 1. The Morgan fingerprint density at radius 3 is 2.79 bits per heavy atom. The van der Waals surface area contributed by atoms with E-state index in [9.17, 15) is 9.59 Å². The fraction of sp³-hybridized carbons (Fsp3) is 0.500. The van der Waals surface area contributed by atoms with E-state index in [0.717, 1.165) is 34.3 Å². The molecule has 128 valence electrons. The molecule has 2 aliphatic rings. The molecule has 1 fully saturated rings. The molecule has 1 saturated carbocycles. The zero-order valence-corrected chi connectivity index (χ0v) is 16.4. The Balaban J connectivity index is 2.17. The Morgan fingerprint density at radius 1 is 1.42 bits per heavy atom. The SMILES string of the molecule is CCc1sc([C@H]2C(C(=O)OC)=C(C)N=C3CCCC(=O)C32)cc1Br. The lowest BCUT2D eigenvalue weighted by Gasteiger charge is -2.34.